The molecule has 1 aromatic heterocycles. The van der Waals surface area contributed by atoms with Crippen LogP contribution in [-0.4, -0.2) is 34.8 Å². The van der Waals surface area contributed by atoms with Crippen molar-refractivity contribution >= 4 is 5.97 Å². The number of aromatic nitrogens is 2. The number of hydrogen-bond donors (Lipinski definition) is 2. The van der Waals surface area contributed by atoms with Gasteiger partial charge >= 0.3 is 5.97 Å². The average molecular weight is 212 g/mol. The first-order valence-electron chi connectivity index (χ1n) is 4.45. The molecule has 2 N–H and O–H groups in total. The molecule has 1 heterocycles. The molecule has 0 saturated carbocycles. The lowest BCUT2D eigenvalue weighted by molar-refractivity contribution is 0.0694. The first kappa shape index (κ1) is 11.4. The van der Waals surface area contributed by atoms with Crippen LogP contribution in [-0.2, 0) is 11.2 Å². The molecule has 0 atom stereocenters. The maximum absolute atomic E-state index is 11.2. The van der Waals surface area contributed by atoms with Crippen LogP contribution in [0.1, 0.15) is 22.6 Å². The van der Waals surface area contributed by atoms with E-state index in [2.05, 4.69) is 9.97 Å². The van der Waals surface area contributed by atoms with Gasteiger partial charge in [0.1, 0.15) is 11.4 Å². The van der Waals surface area contributed by atoms with Gasteiger partial charge in [0, 0.05) is 26.3 Å². The van der Waals surface area contributed by atoms with Crippen molar-refractivity contribution in [2.75, 3.05) is 13.7 Å². The van der Waals surface area contributed by atoms with Crippen molar-refractivity contribution in [1.82, 2.24) is 9.97 Å². The normalized spacial score (nSPS) is 10.2. The van der Waals surface area contributed by atoms with E-state index in [1.807, 2.05) is 0 Å². The zero-order chi connectivity index (χ0) is 11.3. The van der Waals surface area contributed by atoms with E-state index in [0.717, 1.165) is 12.6 Å². The van der Waals surface area contributed by atoms with Crippen LogP contribution >= 0.6 is 0 Å². The number of carbonyl (C=O) groups is 1. The first-order chi connectivity index (χ1) is 7.15. The lowest BCUT2D eigenvalue weighted by Gasteiger charge is -2.00. The zero-order valence-corrected chi connectivity index (χ0v) is 8.32. The quantitative estimate of drug-likeness (QED) is 0.672. The van der Waals surface area contributed by atoms with Crippen molar-refractivity contribution < 1.29 is 14.6 Å². The molecule has 0 radical (unpaired) electrons. The molecule has 0 spiro atoms. The smallest absolute Gasteiger partial charge is 0.342 e. The average Bonchev–Trinajstić information content (AvgIpc) is 2.17. The molecule has 6 nitrogen and oxygen atoms in total. The maximum atomic E-state index is 11.2. The summed E-state index contributed by atoms with van der Waals surface area (Å²) in [6, 6.07) is 0. The number of rotatable bonds is 5. The van der Waals surface area contributed by atoms with Crippen LogP contribution in [0.4, 0.5) is 0 Å². The number of aromatic carboxylic acids is 1. The van der Waals surface area contributed by atoms with Gasteiger partial charge in [0.25, 0.3) is 5.56 Å². The molecule has 82 valence electrons. The molecule has 0 bridgehead atoms. The summed E-state index contributed by atoms with van der Waals surface area (Å²) in [6.45, 7) is 0.574. The third kappa shape index (κ3) is 3.17. The van der Waals surface area contributed by atoms with Gasteiger partial charge in [-0.25, -0.2) is 9.78 Å². The third-order valence-electron chi connectivity index (χ3n) is 1.84. The molecule has 0 aliphatic rings. The molecule has 0 amide bonds. The van der Waals surface area contributed by atoms with Gasteiger partial charge in [0.15, 0.2) is 0 Å². The van der Waals surface area contributed by atoms with Gasteiger partial charge in [-0.15, -0.1) is 0 Å². The molecule has 0 aliphatic heterocycles. The molecule has 0 aromatic carbocycles. The van der Waals surface area contributed by atoms with Crippen molar-refractivity contribution in [2.24, 2.45) is 0 Å². The number of methoxy groups -OCH3 is 1. The predicted octanol–water partition coefficient (Wildman–Crippen LogP) is 0.0471. The molecule has 1 rings (SSSR count). The van der Waals surface area contributed by atoms with Gasteiger partial charge in [-0.1, -0.05) is 0 Å². The number of carboxylic acids is 1. The Morgan fingerprint density at radius 1 is 1.67 bits per heavy atom. The molecule has 0 saturated heterocycles. The van der Waals surface area contributed by atoms with Gasteiger partial charge in [-0.3, -0.25) is 4.79 Å². The topological polar surface area (TPSA) is 92.3 Å². The number of H-pyrrole nitrogens is 1. The highest BCUT2D eigenvalue weighted by Gasteiger charge is 2.09. The zero-order valence-electron chi connectivity index (χ0n) is 8.32. The Morgan fingerprint density at radius 3 is 2.93 bits per heavy atom. The van der Waals surface area contributed by atoms with Crippen LogP contribution in [0.5, 0.6) is 0 Å². The summed E-state index contributed by atoms with van der Waals surface area (Å²) in [5, 5.41) is 8.59. The lowest BCUT2D eigenvalue weighted by atomic mass is 10.3. The Kier molecular flexibility index (Phi) is 3.99. The maximum Gasteiger partial charge on any atom is 0.342 e. The van der Waals surface area contributed by atoms with Gasteiger partial charge in [0.05, 0.1) is 0 Å². The highest BCUT2D eigenvalue weighted by Crippen LogP contribution is 1.95. The van der Waals surface area contributed by atoms with E-state index >= 15 is 0 Å². The van der Waals surface area contributed by atoms with Crippen LogP contribution in [0.2, 0.25) is 0 Å². The van der Waals surface area contributed by atoms with Gasteiger partial charge in [-0.05, 0) is 6.42 Å². The highest BCUT2D eigenvalue weighted by atomic mass is 16.5. The second-order valence-corrected chi connectivity index (χ2v) is 2.97. The summed E-state index contributed by atoms with van der Waals surface area (Å²) in [6.07, 6.45) is 2.36. The molecule has 0 fully saturated rings. The first-order valence-corrected chi connectivity index (χ1v) is 4.45. The summed E-state index contributed by atoms with van der Waals surface area (Å²) in [7, 11) is 1.59. The van der Waals surface area contributed by atoms with E-state index in [4.69, 9.17) is 9.84 Å². The van der Waals surface area contributed by atoms with Gasteiger partial charge < -0.3 is 14.8 Å². The number of hydrogen-bond acceptors (Lipinski definition) is 4. The predicted molar refractivity (Wildman–Crippen MR) is 52.0 cm³/mol. The molecule has 6 heteroatoms. The molecule has 15 heavy (non-hydrogen) atoms. The fourth-order valence-corrected chi connectivity index (χ4v) is 1.10. The van der Waals surface area contributed by atoms with E-state index < -0.39 is 11.5 Å². The van der Waals surface area contributed by atoms with Crippen molar-refractivity contribution in [1.29, 1.82) is 0 Å². The SMILES string of the molecule is COCCCc1ncc(C(=O)O)c(=O)[nH]1. The third-order valence-corrected chi connectivity index (χ3v) is 1.84. The summed E-state index contributed by atoms with van der Waals surface area (Å²) >= 11 is 0. The van der Waals surface area contributed by atoms with Crippen molar-refractivity contribution in [3.63, 3.8) is 0 Å². The van der Waals surface area contributed by atoms with Gasteiger partial charge in [-0.2, -0.15) is 0 Å². The van der Waals surface area contributed by atoms with Crippen molar-refractivity contribution in [3.8, 4) is 0 Å². The Hall–Kier alpha value is -1.69. The van der Waals surface area contributed by atoms with Crippen LogP contribution in [0.25, 0.3) is 0 Å². The standard InChI is InChI=1S/C9H12N2O4/c1-15-4-2-3-7-10-5-6(9(13)14)8(12)11-7/h5H,2-4H2,1H3,(H,13,14)(H,10,11,12). The summed E-state index contributed by atoms with van der Waals surface area (Å²) < 4.78 is 4.84. The van der Waals surface area contributed by atoms with Crippen LogP contribution in [0.3, 0.4) is 0 Å². The summed E-state index contributed by atoms with van der Waals surface area (Å²) in [4.78, 5) is 28.0. The second-order valence-electron chi connectivity index (χ2n) is 2.97. The lowest BCUT2D eigenvalue weighted by Crippen LogP contribution is -2.20. The Bertz CT molecular complexity index is 399. The van der Waals surface area contributed by atoms with E-state index in [9.17, 15) is 9.59 Å². The number of nitrogens with one attached hydrogen (secondary N) is 1. The monoisotopic (exact) mass is 212 g/mol. The molecule has 0 unspecified atom stereocenters. The van der Waals surface area contributed by atoms with Crippen LogP contribution in [0, 0.1) is 0 Å². The van der Waals surface area contributed by atoms with Crippen molar-refractivity contribution in [3.05, 3.63) is 27.9 Å². The summed E-state index contributed by atoms with van der Waals surface area (Å²) in [5.41, 5.74) is -0.963. The number of aromatic amines is 1. The van der Waals surface area contributed by atoms with E-state index in [0.29, 0.717) is 18.9 Å². The van der Waals surface area contributed by atoms with E-state index in [1.54, 1.807) is 7.11 Å². The minimum atomic E-state index is -1.27. The van der Waals surface area contributed by atoms with Crippen LogP contribution < -0.4 is 5.56 Å². The number of nitrogens with zero attached hydrogens (tertiary/aromatic N) is 1. The Morgan fingerprint density at radius 2 is 2.40 bits per heavy atom. The molecule has 0 aliphatic carbocycles. The highest BCUT2D eigenvalue weighted by molar-refractivity contribution is 5.86. The summed E-state index contributed by atoms with van der Waals surface area (Å²) in [5.74, 6) is -0.797. The van der Waals surface area contributed by atoms with Gasteiger partial charge in [0.2, 0.25) is 0 Å². The second kappa shape index (κ2) is 5.26. The number of carboxylic acid groups (broad SMARTS) is 1. The molecular formula is C9H12N2O4. The minimum Gasteiger partial charge on any atom is -0.477 e. The number of ether oxygens (including phenoxy) is 1. The fraction of sp³-hybridized carbons (Fsp3) is 0.444. The Labute approximate surface area is 85.9 Å². The number of aryl methyl sites for hydroxylation is 1. The van der Waals surface area contributed by atoms with E-state index in [1.165, 1.54) is 0 Å². The Balaban J connectivity index is 2.74. The van der Waals surface area contributed by atoms with Crippen molar-refractivity contribution in [2.45, 2.75) is 12.8 Å². The largest absolute Gasteiger partial charge is 0.477 e. The van der Waals surface area contributed by atoms with E-state index in [-0.39, 0.29) is 5.56 Å². The molecular weight excluding hydrogens is 200 g/mol. The minimum absolute atomic E-state index is 0.342. The fourth-order valence-electron chi connectivity index (χ4n) is 1.10. The molecule has 1 aromatic rings. The van der Waals surface area contributed by atoms with Crippen LogP contribution in [0.15, 0.2) is 11.0 Å².